The second-order valence-corrected chi connectivity index (χ2v) is 14.6. The van der Waals surface area contributed by atoms with Crippen LogP contribution in [0, 0.1) is 0 Å². The smallest absolute Gasteiger partial charge is 0.161 e. The average molecular weight is 739 g/mol. The number of hydrogen-bond donors (Lipinski definition) is 0. The number of fused-ring (bicyclic) bond motifs is 5. The van der Waals surface area contributed by atoms with E-state index in [1.165, 1.54) is 10.8 Å². The summed E-state index contributed by atoms with van der Waals surface area (Å²) in [6.07, 6.45) is 0. The van der Waals surface area contributed by atoms with Crippen LogP contribution in [-0.2, 0) is 0 Å². The van der Waals surface area contributed by atoms with Gasteiger partial charge in [0.25, 0.3) is 0 Å². The summed E-state index contributed by atoms with van der Waals surface area (Å²) in [6.45, 7) is 0. The number of benzene rings is 9. The summed E-state index contributed by atoms with van der Waals surface area (Å²) in [4.78, 5) is 20.9. The van der Waals surface area contributed by atoms with Crippen molar-refractivity contribution in [3.63, 3.8) is 0 Å². The predicted molar refractivity (Wildman–Crippen MR) is 240 cm³/mol. The Morgan fingerprint density at radius 2 is 0.828 bits per heavy atom. The van der Waals surface area contributed by atoms with E-state index in [4.69, 9.17) is 19.9 Å². The van der Waals surface area contributed by atoms with Gasteiger partial charge in [0, 0.05) is 38.6 Å². The molecule has 0 unspecified atom stereocenters. The SMILES string of the molecule is c1ccc(-c2cc(-c3ccc4ccccc4c3)nc(-c3ccc(-c4ccc5ccc6c(-c7ccccc7)nc(-c7ccccc7)nc6c5c4)c4ccccc34)n2)cc1. The molecule has 2 aromatic heterocycles. The quantitative estimate of drug-likeness (QED) is 0.159. The van der Waals surface area contributed by atoms with Gasteiger partial charge in [0.2, 0.25) is 0 Å². The molecular weight excluding hydrogens is 705 g/mol. The molecule has 11 aromatic rings. The van der Waals surface area contributed by atoms with Gasteiger partial charge in [-0.1, -0.05) is 176 Å². The molecule has 4 heteroatoms. The second kappa shape index (κ2) is 14.0. The van der Waals surface area contributed by atoms with E-state index in [2.05, 4.69) is 176 Å². The van der Waals surface area contributed by atoms with Crippen LogP contribution in [-0.4, -0.2) is 19.9 Å². The molecule has 9 aromatic carbocycles. The third-order valence-corrected chi connectivity index (χ3v) is 11.1. The lowest BCUT2D eigenvalue weighted by Crippen LogP contribution is -1.97. The Balaban J connectivity index is 1.09. The first-order valence-electron chi connectivity index (χ1n) is 19.6. The van der Waals surface area contributed by atoms with Gasteiger partial charge in [0.1, 0.15) is 0 Å². The van der Waals surface area contributed by atoms with Gasteiger partial charge in [-0.15, -0.1) is 0 Å². The van der Waals surface area contributed by atoms with Crippen molar-refractivity contribution in [1.82, 2.24) is 19.9 Å². The summed E-state index contributed by atoms with van der Waals surface area (Å²) < 4.78 is 0. The van der Waals surface area contributed by atoms with E-state index >= 15 is 0 Å². The Bertz CT molecular complexity index is 3330. The van der Waals surface area contributed by atoms with Crippen LogP contribution in [0.25, 0.3) is 111 Å². The number of nitrogens with zero attached hydrogens (tertiary/aromatic N) is 4. The molecule has 0 atom stereocenters. The molecule has 0 radical (unpaired) electrons. The summed E-state index contributed by atoms with van der Waals surface area (Å²) in [7, 11) is 0. The van der Waals surface area contributed by atoms with Crippen molar-refractivity contribution in [2.75, 3.05) is 0 Å². The zero-order chi connectivity index (χ0) is 38.4. The van der Waals surface area contributed by atoms with Gasteiger partial charge in [-0.25, -0.2) is 19.9 Å². The average Bonchev–Trinajstić information content (AvgIpc) is 3.31. The summed E-state index contributed by atoms with van der Waals surface area (Å²) >= 11 is 0. The first kappa shape index (κ1) is 33.5. The molecular formula is C54H34N4. The fraction of sp³-hybridized carbons (Fsp3) is 0. The van der Waals surface area contributed by atoms with E-state index in [0.717, 1.165) is 88.5 Å². The predicted octanol–water partition coefficient (Wildman–Crippen LogP) is 13.9. The maximum Gasteiger partial charge on any atom is 0.161 e. The summed E-state index contributed by atoms with van der Waals surface area (Å²) in [5.41, 5.74) is 11.0. The molecule has 2 heterocycles. The molecule has 0 aliphatic carbocycles. The highest BCUT2D eigenvalue weighted by Crippen LogP contribution is 2.39. The largest absolute Gasteiger partial charge is 0.228 e. The van der Waals surface area contributed by atoms with Crippen LogP contribution in [0.2, 0.25) is 0 Å². The second-order valence-electron chi connectivity index (χ2n) is 14.6. The molecule has 0 aliphatic heterocycles. The number of aromatic nitrogens is 4. The summed E-state index contributed by atoms with van der Waals surface area (Å²) in [6, 6.07) is 72.2. The Kier molecular flexibility index (Phi) is 8.11. The Hall–Kier alpha value is -7.82. The van der Waals surface area contributed by atoms with Crippen LogP contribution in [0.3, 0.4) is 0 Å². The minimum absolute atomic E-state index is 0.690. The van der Waals surface area contributed by atoms with Crippen molar-refractivity contribution in [2.24, 2.45) is 0 Å². The molecule has 0 spiro atoms. The molecule has 58 heavy (non-hydrogen) atoms. The van der Waals surface area contributed by atoms with E-state index in [-0.39, 0.29) is 0 Å². The van der Waals surface area contributed by atoms with Crippen LogP contribution in [0.5, 0.6) is 0 Å². The van der Waals surface area contributed by atoms with Gasteiger partial charge in [0.15, 0.2) is 11.6 Å². The first-order chi connectivity index (χ1) is 28.7. The molecule has 0 N–H and O–H groups in total. The van der Waals surface area contributed by atoms with Crippen molar-refractivity contribution in [3.05, 3.63) is 206 Å². The van der Waals surface area contributed by atoms with Gasteiger partial charge >= 0.3 is 0 Å². The molecule has 0 fully saturated rings. The lowest BCUT2D eigenvalue weighted by molar-refractivity contribution is 1.19. The van der Waals surface area contributed by atoms with Crippen molar-refractivity contribution >= 4 is 43.2 Å². The lowest BCUT2D eigenvalue weighted by Gasteiger charge is -2.15. The van der Waals surface area contributed by atoms with Crippen LogP contribution in [0.15, 0.2) is 206 Å². The van der Waals surface area contributed by atoms with E-state index in [0.29, 0.717) is 11.6 Å². The molecule has 11 rings (SSSR count). The van der Waals surface area contributed by atoms with Crippen molar-refractivity contribution in [3.8, 4) is 67.7 Å². The topological polar surface area (TPSA) is 51.6 Å². The van der Waals surface area contributed by atoms with E-state index in [9.17, 15) is 0 Å². The number of hydrogen-bond acceptors (Lipinski definition) is 4. The molecule has 0 bridgehead atoms. The standard InChI is InChI=1S/C54H34N4/c1-4-15-37(16-5-1)49-34-50(42-27-24-35-14-10-11-21-40(35)32-42)56-54(55-49)46-31-30-43(44-22-12-13-23-45(44)46)41-26-25-36-28-29-47-51(38-17-6-2-7-18-38)57-53(39-19-8-3-9-20-39)58-52(47)48(36)33-41/h1-34H. The van der Waals surface area contributed by atoms with Gasteiger partial charge in [0.05, 0.1) is 22.6 Å². The highest BCUT2D eigenvalue weighted by atomic mass is 14.9. The Labute approximate surface area is 335 Å². The van der Waals surface area contributed by atoms with Crippen molar-refractivity contribution in [1.29, 1.82) is 0 Å². The van der Waals surface area contributed by atoms with E-state index in [1.807, 2.05) is 30.3 Å². The maximum absolute atomic E-state index is 5.27. The summed E-state index contributed by atoms with van der Waals surface area (Å²) in [5, 5.41) is 7.83. The normalized spacial score (nSPS) is 11.4. The van der Waals surface area contributed by atoms with Gasteiger partial charge in [-0.3, -0.25) is 0 Å². The molecule has 0 aliphatic rings. The third-order valence-electron chi connectivity index (χ3n) is 11.1. The van der Waals surface area contributed by atoms with E-state index < -0.39 is 0 Å². The minimum atomic E-state index is 0.690. The molecule has 4 nitrogen and oxygen atoms in total. The van der Waals surface area contributed by atoms with Crippen LogP contribution in [0.4, 0.5) is 0 Å². The lowest BCUT2D eigenvalue weighted by atomic mass is 9.92. The van der Waals surface area contributed by atoms with Crippen LogP contribution < -0.4 is 0 Å². The molecule has 0 saturated heterocycles. The number of rotatable bonds is 6. The first-order valence-corrected chi connectivity index (χ1v) is 19.6. The zero-order valence-electron chi connectivity index (χ0n) is 31.4. The highest BCUT2D eigenvalue weighted by Gasteiger charge is 2.18. The van der Waals surface area contributed by atoms with Crippen LogP contribution >= 0.6 is 0 Å². The fourth-order valence-electron chi connectivity index (χ4n) is 8.18. The minimum Gasteiger partial charge on any atom is -0.228 e. The Morgan fingerprint density at radius 3 is 1.59 bits per heavy atom. The van der Waals surface area contributed by atoms with Gasteiger partial charge in [-0.2, -0.15) is 0 Å². The molecule has 0 saturated carbocycles. The van der Waals surface area contributed by atoms with Crippen molar-refractivity contribution < 1.29 is 0 Å². The van der Waals surface area contributed by atoms with Gasteiger partial charge in [-0.05, 0) is 68.4 Å². The maximum atomic E-state index is 5.27. The van der Waals surface area contributed by atoms with Crippen LogP contribution in [0.1, 0.15) is 0 Å². The Morgan fingerprint density at radius 1 is 0.259 bits per heavy atom. The monoisotopic (exact) mass is 738 g/mol. The zero-order valence-corrected chi connectivity index (χ0v) is 31.4. The summed E-state index contributed by atoms with van der Waals surface area (Å²) in [5.74, 6) is 1.40. The highest BCUT2D eigenvalue weighted by molar-refractivity contribution is 6.12. The van der Waals surface area contributed by atoms with Crippen molar-refractivity contribution in [2.45, 2.75) is 0 Å². The molecule has 270 valence electrons. The fourth-order valence-corrected chi connectivity index (χ4v) is 8.18. The molecule has 0 amide bonds. The van der Waals surface area contributed by atoms with Gasteiger partial charge < -0.3 is 0 Å². The van der Waals surface area contributed by atoms with E-state index in [1.54, 1.807) is 0 Å². The third kappa shape index (κ3) is 5.96.